The number of nitrogens with zero attached hydrogens (tertiary/aromatic N) is 4. The van der Waals surface area contributed by atoms with Crippen LogP contribution in [0.1, 0.15) is 24.4 Å². The van der Waals surface area contributed by atoms with Gasteiger partial charge in [-0.3, -0.25) is 0 Å². The van der Waals surface area contributed by atoms with Crippen molar-refractivity contribution in [3.63, 3.8) is 0 Å². The van der Waals surface area contributed by atoms with E-state index in [4.69, 9.17) is 4.74 Å². The van der Waals surface area contributed by atoms with Gasteiger partial charge in [0, 0.05) is 17.5 Å². The van der Waals surface area contributed by atoms with E-state index >= 15 is 0 Å². The Morgan fingerprint density at radius 3 is 2.70 bits per heavy atom. The molecule has 0 fully saturated rings. The quantitative estimate of drug-likeness (QED) is 0.462. The Kier molecular flexibility index (Phi) is 5.15. The molecule has 0 radical (unpaired) electrons. The topological polar surface area (TPSA) is 71.7 Å². The molecule has 3 aromatic heterocycles. The van der Waals surface area contributed by atoms with E-state index in [9.17, 15) is 5.26 Å². The van der Waals surface area contributed by atoms with E-state index in [-0.39, 0.29) is 7.43 Å². The minimum absolute atomic E-state index is 0. The molecule has 134 valence electrons. The summed E-state index contributed by atoms with van der Waals surface area (Å²) in [7, 11) is 0. The Bertz CT molecular complexity index is 1160. The lowest BCUT2D eigenvalue weighted by molar-refractivity contribution is 0.470. The standard InChI is InChI=1S/C20H14N4OS.CH4/c1-12-9-15(25-20-19-14(5-7-22-20)6-8-26-19)3-4-16(12)18-13(2)23-11-24-17(18)10-21;/h3-9,11H,1-2H3;1H4. The van der Waals surface area contributed by atoms with E-state index in [1.165, 1.54) is 6.33 Å². The molecular weight excluding hydrogens is 356 g/mol. The molecule has 5 nitrogen and oxygen atoms in total. The maximum Gasteiger partial charge on any atom is 0.237 e. The highest BCUT2D eigenvalue weighted by molar-refractivity contribution is 7.17. The van der Waals surface area contributed by atoms with Gasteiger partial charge in [0.15, 0.2) is 5.69 Å². The third-order valence-corrected chi connectivity index (χ3v) is 5.08. The van der Waals surface area contributed by atoms with Crippen molar-refractivity contribution in [1.29, 1.82) is 5.26 Å². The second-order valence-corrected chi connectivity index (χ2v) is 6.74. The van der Waals surface area contributed by atoms with Crippen LogP contribution in [0.3, 0.4) is 0 Å². The first-order valence-corrected chi connectivity index (χ1v) is 8.88. The molecule has 0 aliphatic heterocycles. The zero-order chi connectivity index (χ0) is 18.1. The minimum Gasteiger partial charge on any atom is -0.438 e. The second-order valence-electron chi connectivity index (χ2n) is 5.83. The van der Waals surface area contributed by atoms with E-state index in [1.54, 1.807) is 17.5 Å². The van der Waals surface area contributed by atoms with E-state index in [2.05, 4.69) is 21.0 Å². The van der Waals surface area contributed by atoms with E-state index < -0.39 is 0 Å². The average molecular weight is 374 g/mol. The summed E-state index contributed by atoms with van der Waals surface area (Å²) in [6, 6.07) is 11.9. The molecule has 27 heavy (non-hydrogen) atoms. The van der Waals surface area contributed by atoms with Crippen molar-refractivity contribution in [2.45, 2.75) is 21.3 Å². The predicted octanol–water partition coefficient (Wildman–Crippen LogP) is 5.67. The van der Waals surface area contributed by atoms with Gasteiger partial charge in [0.2, 0.25) is 5.88 Å². The van der Waals surface area contributed by atoms with Crippen LogP contribution in [0, 0.1) is 25.2 Å². The van der Waals surface area contributed by atoms with Crippen molar-refractivity contribution in [3.05, 3.63) is 65.2 Å². The summed E-state index contributed by atoms with van der Waals surface area (Å²) >= 11 is 1.60. The maximum absolute atomic E-state index is 9.35. The number of benzene rings is 1. The predicted molar refractivity (Wildman–Crippen MR) is 108 cm³/mol. The molecule has 0 N–H and O–H groups in total. The highest BCUT2D eigenvalue weighted by Gasteiger charge is 2.14. The van der Waals surface area contributed by atoms with Crippen molar-refractivity contribution in [2.24, 2.45) is 0 Å². The smallest absolute Gasteiger partial charge is 0.237 e. The molecule has 0 atom stereocenters. The number of fused-ring (bicyclic) bond motifs is 1. The van der Waals surface area contributed by atoms with Crippen LogP contribution in [0.5, 0.6) is 11.6 Å². The lowest BCUT2D eigenvalue weighted by Crippen LogP contribution is -1.97. The summed E-state index contributed by atoms with van der Waals surface area (Å²) in [4.78, 5) is 12.7. The highest BCUT2D eigenvalue weighted by atomic mass is 32.1. The highest BCUT2D eigenvalue weighted by Crippen LogP contribution is 2.34. The zero-order valence-corrected chi connectivity index (χ0v) is 15.0. The number of hydrogen-bond donors (Lipinski definition) is 0. The summed E-state index contributed by atoms with van der Waals surface area (Å²) in [6.07, 6.45) is 3.16. The molecule has 1 aromatic carbocycles. The van der Waals surface area contributed by atoms with Gasteiger partial charge in [-0.2, -0.15) is 5.26 Å². The number of aromatic nitrogens is 3. The van der Waals surface area contributed by atoms with E-state index in [0.717, 1.165) is 32.5 Å². The maximum atomic E-state index is 9.35. The van der Waals surface area contributed by atoms with Gasteiger partial charge in [0.1, 0.15) is 18.1 Å². The van der Waals surface area contributed by atoms with Gasteiger partial charge in [-0.15, -0.1) is 11.3 Å². The van der Waals surface area contributed by atoms with Crippen molar-refractivity contribution in [1.82, 2.24) is 15.0 Å². The number of ether oxygens (including phenoxy) is 1. The Morgan fingerprint density at radius 2 is 1.93 bits per heavy atom. The summed E-state index contributed by atoms with van der Waals surface area (Å²) in [5, 5.41) is 12.5. The minimum atomic E-state index is 0. The van der Waals surface area contributed by atoms with Crippen LogP contribution in [0.4, 0.5) is 0 Å². The fourth-order valence-electron chi connectivity index (χ4n) is 2.91. The molecule has 6 heteroatoms. The van der Waals surface area contributed by atoms with Gasteiger partial charge >= 0.3 is 0 Å². The lowest BCUT2D eigenvalue weighted by atomic mass is 9.98. The van der Waals surface area contributed by atoms with Gasteiger partial charge < -0.3 is 4.74 Å². The fourth-order valence-corrected chi connectivity index (χ4v) is 3.73. The van der Waals surface area contributed by atoms with Gasteiger partial charge in [0.25, 0.3) is 0 Å². The van der Waals surface area contributed by atoms with E-state index in [1.807, 2.05) is 49.6 Å². The molecular formula is C21H18N4OS. The Morgan fingerprint density at radius 1 is 1.07 bits per heavy atom. The largest absolute Gasteiger partial charge is 0.438 e. The van der Waals surface area contributed by atoms with Crippen LogP contribution in [0.15, 0.2) is 48.2 Å². The van der Waals surface area contributed by atoms with Crippen LogP contribution in [0.25, 0.3) is 21.2 Å². The first kappa shape index (κ1) is 18.5. The van der Waals surface area contributed by atoms with E-state index in [0.29, 0.717) is 17.3 Å². The third kappa shape index (κ3) is 3.37. The molecule has 4 aromatic rings. The number of aryl methyl sites for hydroxylation is 2. The SMILES string of the molecule is C.Cc1cc(Oc2nccc3ccsc23)ccc1-c1c(C)ncnc1C#N. The summed E-state index contributed by atoms with van der Waals surface area (Å²) in [5.41, 5.74) is 3.82. The van der Waals surface area contributed by atoms with Crippen LogP contribution < -0.4 is 4.74 Å². The van der Waals surface area contributed by atoms with Gasteiger partial charge in [-0.1, -0.05) is 13.5 Å². The monoisotopic (exact) mass is 374 g/mol. The molecule has 3 heterocycles. The van der Waals surface area contributed by atoms with Crippen LogP contribution in [-0.2, 0) is 0 Å². The normalized spacial score (nSPS) is 10.3. The van der Waals surface area contributed by atoms with Crippen LogP contribution >= 0.6 is 11.3 Å². The number of nitriles is 1. The molecule has 0 spiro atoms. The summed E-state index contributed by atoms with van der Waals surface area (Å²) in [5.74, 6) is 1.30. The third-order valence-electron chi connectivity index (χ3n) is 4.16. The molecule has 0 aliphatic rings. The van der Waals surface area contributed by atoms with Crippen molar-refractivity contribution < 1.29 is 4.74 Å². The van der Waals surface area contributed by atoms with Crippen molar-refractivity contribution in [2.75, 3.05) is 0 Å². The van der Waals surface area contributed by atoms with Crippen molar-refractivity contribution >= 4 is 21.4 Å². The summed E-state index contributed by atoms with van der Waals surface area (Å²) < 4.78 is 7.03. The first-order chi connectivity index (χ1) is 12.7. The number of thiophene rings is 1. The Hall–Kier alpha value is -3.30. The van der Waals surface area contributed by atoms with Gasteiger partial charge in [-0.25, -0.2) is 15.0 Å². The molecule has 0 unspecified atom stereocenters. The van der Waals surface area contributed by atoms with Crippen molar-refractivity contribution in [3.8, 4) is 28.8 Å². The zero-order valence-electron chi connectivity index (χ0n) is 14.2. The second kappa shape index (κ2) is 7.52. The Labute approximate surface area is 161 Å². The number of rotatable bonds is 3. The molecule has 0 aliphatic carbocycles. The van der Waals surface area contributed by atoms with Crippen LogP contribution in [0.2, 0.25) is 0 Å². The number of pyridine rings is 1. The Balaban J connectivity index is 0.00000210. The average Bonchev–Trinajstić information content (AvgIpc) is 3.12. The van der Waals surface area contributed by atoms with Gasteiger partial charge in [-0.05, 0) is 60.0 Å². The molecule has 0 bridgehead atoms. The van der Waals surface area contributed by atoms with Gasteiger partial charge in [0.05, 0.1) is 4.70 Å². The molecule has 4 rings (SSSR count). The molecule has 0 amide bonds. The molecule has 0 saturated heterocycles. The summed E-state index contributed by atoms with van der Waals surface area (Å²) in [6.45, 7) is 3.86. The van der Waals surface area contributed by atoms with Crippen LogP contribution in [-0.4, -0.2) is 15.0 Å². The number of hydrogen-bond acceptors (Lipinski definition) is 6. The first-order valence-electron chi connectivity index (χ1n) is 8.00. The molecule has 0 saturated carbocycles. The lowest BCUT2D eigenvalue weighted by Gasteiger charge is -2.12. The fraction of sp³-hybridized carbons (Fsp3) is 0.143.